The number of fused-ring (bicyclic) bond motifs is 1. The normalized spacial score (nSPS) is 14.1. The Bertz CT molecular complexity index is 931. The van der Waals surface area contributed by atoms with Crippen molar-refractivity contribution in [3.8, 4) is 17.0 Å². The molecule has 1 aliphatic carbocycles. The molecule has 0 N–H and O–H groups in total. The van der Waals surface area contributed by atoms with Crippen molar-refractivity contribution in [1.29, 1.82) is 0 Å². The number of carbonyl (C=O) groups is 1. The molecular weight excluding hydrogens is 309 g/mol. The van der Waals surface area contributed by atoms with Crippen LogP contribution in [0.3, 0.4) is 0 Å². The zero-order valence-corrected chi connectivity index (χ0v) is 13.2. The largest absolute Gasteiger partial charge is 0.494 e. The molecule has 0 radical (unpaired) electrons. The standard InChI is InChI=1S/C18H16FN3O2/c1-24-16-9-12(7-8-13(16)19)14-3-2-4-18-20-17(21-22(14)18)10-15(23)11-5-6-11/h2-4,7-9,11H,5-6,10H2,1H3. The number of pyridine rings is 1. The summed E-state index contributed by atoms with van der Waals surface area (Å²) in [5.74, 6) is 0.679. The van der Waals surface area contributed by atoms with E-state index >= 15 is 0 Å². The fourth-order valence-corrected chi connectivity index (χ4v) is 2.77. The van der Waals surface area contributed by atoms with E-state index in [1.165, 1.54) is 13.2 Å². The number of halogens is 1. The molecule has 0 spiro atoms. The molecule has 5 nitrogen and oxygen atoms in total. The second-order valence-electron chi connectivity index (χ2n) is 5.98. The van der Waals surface area contributed by atoms with Gasteiger partial charge in [0.15, 0.2) is 23.0 Å². The van der Waals surface area contributed by atoms with E-state index in [1.54, 1.807) is 16.6 Å². The number of ketones is 1. The monoisotopic (exact) mass is 325 g/mol. The summed E-state index contributed by atoms with van der Waals surface area (Å²) in [5.41, 5.74) is 2.20. The molecule has 1 aliphatic rings. The Labute approximate surface area is 138 Å². The Balaban J connectivity index is 1.75. The van der Waals surface area contributed by atoms with Gasteiger partial charge in [0, 0.05) is 11.5 Å². The van der Waals surface area contributed by atoms with Crippen molar-refractivity contribution in [3.63, 3.8) is 0 Å². The number of nitrogens with zero attached hydrogens (tertiary/aromatic N) is 3. The molecule has 4 rings (SSSR count). The highest BCUT2D eigenvalue weighted by molar-refractivity contribution is 5.84. The first kappa shape index (κ1) is 14.8. The van der Waals surface area contributed by atoms with E-state index < -0.39 is 5.82 Å². The number of ether oxygens (including phenoxy) is 1. The first-order chi connectivity index (χ1) is 11.7. The van der Waals surface area contributed by atoms with Crippen molar-refractivity contribution < 1.29 is 13.9 Å². The van der Waals surface area contributed by atoms with Crippen LogP contribution in [-0.2, 0) is 11.2 Å². The smallest absolute Gasteiger partial charge is 0.165 e. The second-order valence-corrected chi connectivity index (χ2v) is 5.98. The molecule has 6 heteroatoms. The van der Waals surface area contributed by atoms with Crippen LogP contribution < -0.4 is 4.74 Å². The molecule has 2 aromatic heterocycles. The van der Waals surface area contributed by atoms with Gasteiger partial charge in [0.25, 0.3) is 0 Å². The van der Waals surface area contributed by atoms with Crippen molar-refractivity contribution in [2.75, 3.05) is 7.11 Å². The molecular formula is C18H16FN3O2. The maximum atomic E-state index is 13.6. The minimum Gasteiger partial charge on any atom is -0.494 e. The lowest BCUT2D eigenvalue weighted by Gasteiger charge is -2.07. The highest BCUT2D eigenvalue weighted by Crippen LogP contribution is 2.31. The Morgan fingerprint density at radius 1 is 1.33 bits per heavy atom. The van der Waals surface area contributed by atoms with E-state index in [9.17, 15) is 9.18 Å². The number of hydrogen-bond acceptors (Lipinski definition) is 4. The molecule has 3 aromatic rings. The van der Waals surface area contributed by atoms with Crippen molar-refractivity contribution in [2.45, 2.75) is 19.3 Å². The number of carbonyl (C=O) groups excluding carboxylic acids is 1. The summed E-state index contributed by atoms with van der Waals surface area (Å²) in [6.45, 7) is 0. The predicted octanol–water partition coefficient (Wildman–Crippen LogP) is 3.07. The van der Waals surface area contributed by atoms with Crippen LogP contribution in [-0.4, -0.2) is 27.5 Å². The maximum absolute atomic E-state index is 13.6. The predicted molar refractivity (Wildman–Crippen MR) is 86.4 cm³/mol. The van der Waals surface area contributed by atoms with Gasteiger partial charge in [0.2, 0.25) is 0 Å². The lowest BCUT2D eigenvalue weighted by molar-refractivity contribution is -0.119. The van der Waals surface area contributed by atoms with E-state index in [1.807, 2.05) is 18.2 Å². The molecule has 24 heavy (non-hydrogen) atoms. The second kappa shape index (κ2) is 5.70. The van der Waals surface area contributed by atoms with Crippen LogP contribution in [0.2, 0.25) is 0 Å². The Morgan fingerprint density at radius 2 is 2.17 bits per heavy atom. The molecule has 0 bridgehead atoms. The first-order valence-electron chi connectivity index (χ1n) is 7.87. The van der Waals surface area contributed by atoms with Crippen molar-refractivity contribution in [1.82, 2.24) is 14.6 Å². The Kier molecular flexibility index (Phi) is 3.52. The van der Waals surface area contributed by atoms with Crippen molar-refractivity contribution in [2.24, 2.45) is 5.92 Å². The third-order valence-electron chi connectivity index (χ3n) is 4.22. The van der Waals surface area contributed by atoms with Crippen LogP contribution in [0.4, 0.5) is 4.39 Å². The van der Waals surface area contributed by atoms with Gasteiger partial charge in [-0.25, -0.2) is 13.9 Å². The van der Waals surface area contributed by atoms with Gasteiger partial charge in [0.1, 0.15) is 5.78 Å². The number of Topliss-reactive ketones (excluding diaryl/α,β-unsaturated/α-hetero) is 1. The number of hydrogen-bond donors (Lipinski definition) is 0. The van der Waals surface area contributed by atoms with Gasteiger partial charge in [-0.2, -0.15) is 5.10 Å². The highest BCUT2D eigenvalue weighted by Gasteiger charge is 2.30. The van der Waals surface area contributed by atoms with Crippen LogP contribution in [0.25, 0.3) is 16.9 Å². The van der Waals surface area contributed by atoms with Gasteiger partial charge in [-0.15, -0.1) is 0 Å². The number of benzene rings is 1. The Morgan fingerprint density at radius 3 is 2.92 bits per heavy atom. The molecule has 0 aliphatic heterocycles. The maximum Gasteiger partial charge on any atom is 0.165 e. The van der Waals surface area contributed by atoms with Gasteiger partial charge in [-0.3, -0.25) is 4.79 Å². The molecule has 0 atom stereocenters. The summed E-state index contributed by atoms with van der Waals surface area (Å²) >= 11 is 0. The summed E-state index contributed by atoms with van der Waals surface area (Å²) in [4.78, 5) is 16.4. The van der Waals surface area contributed by atoms with Crippen LogP contribution in [0.5, 0.6) is 5.75 Å². The summed E-state index contributed by atoms with van der Waals surface area (Å²) < 4.78 is 20.4. The zero-order valence-electron chi connectivity index (χ0n) is 13.2. The highest BCUT2D eigenvalue weighted by atomic mass is 19.1. The minimum atomic E-state index is -0.414. The Hall–Kier alpha value is -2.76. The fourth-order valence-electron chi connectivity index (χ4n) is 2.77. The molecule has 122 valence electrons. The first-order valence-corrected chi connectivity index (χ1v) is 7.87. The molecule has 1 fully saturated rings. The number of aromatic nitrogens is 3. The summed E-state index contributed by atoms with van der Waals surface area (Å²) in [6, 6.07) is 10.2. The lowest BCUT2D eigenvalue weighted by atomic mass is 10.1. The number of methoxy groups -OCH3 is 1. The van der Waals surface area contributed by atoms with Crippen LogP contribution in [0, 0.1) is 11.7 Å². The zero-order chi connectivity index (χ0) is 16.7. The van der Waals surface area contributed by atoms with Crippen molar-refractivity contribution >= 4 is 11.4 Å². The topological polar surface area (TPSA) is 56.5 Å². The molecule has 0 amide bonds. The van der Waals surface area contributed by atoms with Gasteiger partial charge in [-0.05, 0) is 43.2 Å². The quantitative estimate of drug-likeness (QED) is 0.723. The third kappa shape index (κ3) is 2.64. The minimum absolute atomic E-state index is 0.175. The van der Waals surface area contributed by atoms with Crippen LogP contribution >= 0.6 is 0 Å². The van der Waals surface area contributed by atoms with Gasteiger partial charge >= 0.3 is 0 Å². The molecule has 0 unspecified atom stereocenters. The van der Waals surface area contributed by atoms with Crippen molar-refractivity contribution in [3.05, 3.63) is 48.0 Å². The van der Waals surface area contributed by atoms with E-state index in [0.29, 0.717) is 11.5 Å². The van der Waals surface area contributed by atoms with Crippen LogP contribution in [0.15, 0.2) is 36.4 Å². The molecule has 1 aromatic carbocycles. The summed E-state index contributed by atoms with van der Waals surface area (Å²) in [6.07, 6.45) is 2.22. The van der Waals surface area contributed by atoms with E-state index in [0.717, 1.165) is 24.1 Å². The van der Waals surface area contributed by atoms with Gasteiger partial charge in [0.05, 0.1) is 19.2 Å². The third-order valence-corrected chi connectivity index (χ3v) is 4.22. The van der Waals surface area contributed by atoms with E-state index in [4.69, 9.17) is 4.74 Å². The van der Waals surface area contributed by atoms with Gasteiger partial charge < -0.3 is 4.74 Å². The average Bonchev–Trinajstić information content (AvgIpc) is 3.35. The molecule has 0 saturated heterocycles. The van der Waals surface area contributed by atoms with Gasteiger partial charge in [-0.1, -0.05) is 6.07 Å². The summed E-state index contributed by atoms with van der Waals surface area (Å²) in [7, 11) is 1.43. The number of rotatable bonds is 5. The fraction of sp³-hybridized carbons (Fsp3) is 0.278. The average molecular weight is 325 g/mol. The summed E-state index contributed by atoms with van der Waals surface area (Å²) in [5, 5.41) is 4.47. The molecule has 1 saturated carbocycles. The SMILES string of the molecule is COc1cc(-c2cccc3nc(CC(=O)C4CC4)nn23)ccc1F. The van der Waals surface area contributed by atoms with E-state index in [-0.39, 0.29) is 23.9 Å². The van der Waals surface area contributed by atoms with E-state index in [2.05, 4.69) is 10.1 Å². The lowest BCUT2D eigenvalue weighted by Crippen LogP contribution is -2.06. The van der Waals surface area contributed by atoms with Crippen LogP contribution in [0.1, 0.15) is 18.7 Å². The molecule has 2 heterocycles.